The van der Waals surface area contributed by atoms with Crippen LogP contribution in [-0.4, -0.2) is 24.5 Å². The second-order valence-corrected chi connectivity index (χ2v) is 3.12. The van der Waals surface area contributed by atoms with Gasteiger partial charge in [0.25, 0.3) is 0 Å². The number of carboxylic acid groups (broad SMARTS) is 1. The number of aliphatic carboxylic acids is 1. The fraction of sp³-hybridized carbons (Fsp3) is 0.167. The monoisotopic (exact) mass is 220 g/mol. The number of ether oxygens (including phenoxy) is 1. The van der Waals surface area contributed by atoms with Crippen LogP contribution in [0.1, 0.15) is 22.3 Å². The fourth-order valence-corrected chi connectivity index (χ4v) is 1.22. The van der Waals surface area contributed by atoms with Crippen molar-refractivity contribution in [1.29, 1.82) is 0 Å². The molecule has 0 bridgehead atoms. The molecule has 0 amide bonds. The summed E-state index contributed by atoms with van der Waals surface area (Å²) in [5, 5.41) is 8.45. The van der Waals surface area contributed by atoms with Crippen LogP contribution < -0.4 is 4.74 Å². The highest BCUT2D eigenvalue weighted by Gasteiger charge is 2.01. The molecule has 4 nitrogen and oxygen atoms in total. The van der Waals surface area contributed by atoms with E-state index in [0.29, 0.717) is 17.6 Å². The number of hydrogen-bond acceptors (Lipinski definition) is 3. The third-order valence-corrected chi connectivity index (χ3v) is 1.99. The maximum absolute atomic E-state index is 10.6. The normalized spacial score (nSPS) is 10.3. The molecule has 0 atom stereocenters. The molecule has 0 saturated heterocycles. The molecule has 4 heteroatoms. The molecule has 84 valence electrons. The van der Waals surface area contributed by atoms with Crippen LogP contribution in [0.2, 0.25) is 0 Å². The van der Waals surface area contributed by atoms with E-state index < -0.39 is 5.97 Å². The predicted molar refractivity (Wildman–Crippen MR) is 59.7 cm³/mol. The van der Waals surface area contributed by atoms with E-state index >= 15 is 0 Å². The molecule has 0 spiro atoms. The van der Waals surface area contributed by atoms with E-state index in [1.807, 2.05) is 0 Å². The van der Waals surface area contributed by atoms with E-state index in [2.05, 4.69) is 0 Å². The highest BCUT2D eigenvalue weighted by Crippen LogP contribution is 2.19. The van der Waals surface area contributed by atoms with Crippen LogP contribution in [0.5, 0.6) is 5.75 Å². The number of carbonyl (C=O) groups excluding carboxylic acids is 1. The van der Waals surface area contributed by atoms with Crippen molar-refractivity contribution in [1.82, 2.24) is 0 Å². The quantitative estimate of drug-likeness (QED) is 0.771. The maximum Gasteiger partial charge on any atom is 0.307 e. The molecule has 1 aromatic carbocycles. The van der Waals surface area contributed by atoms with E-state index in [-0.39, 0.29) is 6.42 Å². The van der Waals surface area contributed by atoms with E-state index in [1.54, 1.807) is 24.3 Å². The summed E-state index contributed by atoms with van der Waals surface area (Å²) in [5.74, 6) is -0.403. The molecule has 0 saturated carbocycles. The zero-order valence-electron chi connectivity index (χ0n) is 8.84. The van der Waals surface area contributed by atoms with E-state index in [4.69, 9.17) is 9.84 Å². The number of aldehydes is 1. The molecule has 1 aromatic rings. The standard InChI is InChI=1S/C12H12O4/c1-16-11-7-9(3-2-4-12(14)15)5-6-10(11)8-13/h2-3,5-8H,4H2,1H3,(H,14,15). The van der Waals surface area contributed by atoms with Gasteiger partial charge in [-0.05, 0) is 17.7 Å². The van der Waals surface area contributed by atoms with Crippen molar-refractivity contribution in [2.45, 2.75) is 6.42 Å². The first kappa shape index (κ1) is 12.0. The van der Waals surface area contributed by atoms with Gasteiger partial charge in [-0.1, -0.05) is 18.2 Å². The molecule has 0 unspecified atom stereocenters. The Morgan fingerprint density at radius 3 is 2.81 bits per heavy atom. The Morgan fingerprint density at radius 1 is 1.50 bits per heavy atom. The number of methoxy groups -OCH3 is 1. The van der Waals surface area contributed by atoms with Gasteiger partial charge in [-0.2, -0.15) is 0 Å². The predicted octanol–water partition coefficient (Wildman–Crippen LogP) is 2.00. The van der Waals surface area contributed by atoms with Crippen LogP contribution >= 0.6 is 0 Å². The highest BCUT2D eigenvalue weighted by atomic mass is 16.5. The van der Waals surface area contributed by atoms with E-state index in [9.17, 15) is 9.59 Å². The Morgan fingerprint density at radius 2 is 2.25 bits per heavy atom. The van der Waals surface area contributed by atoms with Gasteiger partial charge in [-0.25, -0.2) is 0 Å². The van der Waals surface area contributed by atoms with Gasteiger partial charge in [0.2, 0.25) is 0 Å². The lowest BCUT2D eigenvalue weighted by Crippen LogP contribution is -1.91. The summed E-state index contributed by atoms with van der Waals surface area (Å²) in [6, 6.07) is 5.04. The Labute approximate surface area is 93.2 Å². The average Bonchev–Trinajstić information content (AvgIpc) is 2.28. The van der Waals surface area contributed by atoms with Crippen LogP contribution in [0.4, 0.5) is 0 Å². The van der Waals surface area contributed by atoms with Crippen molar-refractivity contribution in [2.24, 2.45) is 0 Å². The summed E-state index contributed by atoms with van der Waals surface area (Å²) in [5.41, 5.74) is 1.27. The second kappa shape index (κ2) is 5.70. The SMILES string of the molecule is COc1cc(C=CCC(=O)O)ccc1C=O. The van der Waals surface area contributed by atoms with Crippen molar-refractivity contribution < 1.29 is 19.4 Å². The molecule has 16 heavy (non-hydrogen) atoms. The largest absolute Gasteiger partial charge is 0.496 e. The van der Waals surface area contributed by atoms with Gasteiger partial charge in [0, 0.05) is 0 Å². The Balaban J connectivity index is 2.86. The van der Waals surface area contributed by atoms with Gasteiger partial charge in [0.1, 0.15) is 5.75 Å². The molecule has 0 fully saturated rings. The van der Waals surface area contributed by atoms with Crippen molar-refractivity contribution >= 4 is 18.3 Å². The summed E-state index contributed by atoms with van der Waals surface area (Å²) in [6.07, 6.45) is 3.89. The van der Waals surface area contributed by atoms with Crippen molar-refractivity contribution in [3.05, 3.63) is 35.4 Å². The molecule has 0 aliphatic rings. The highest BCUT2D eigenvalue weighted by molar-refractivity contribution is 5.80. The molecule has 1 rings (SSSR count). The van der Waals surface area contributed by atoms with Crippen LogP contribution in [0.15, 0.2) is 24.3 Å². The third kappa shape index (κ3) is 3.24. The molecular weight excluding hydrogens is 208 g/mol. The van der Waals surface area contributed by atoms with Gasteiger partial charge in [-0.3, -0.25) is 9.59 Å². The summed E-state index contributed by atoms with van der Waals surface area (Å²) in [7, 11) is 1.48. The number of benzene rings is 1. The summed E-state index contributed by atoms with van der Waals surface area (Å²) >= 11 is 0. The first-order chi connectivity index (χ1) is 7.67. The van der Waals surface area contributed by atoms with Gasteiger partial charge in [0.05, 0.1) is 19.1 Å². The van der Waals surface area contributed by atoms with Crippen LogP contribution in [0.25, 0.3) is 6.08 Å². The minimum atomic E-state index is -0.882. The molecule has 1 N–H and O–H groups in total. The zero-order chi connectivity index (χ0) is 12.0. The van der Waals surface area contributed by atoms with Crippen LogP contribution in [0, 0.1) is 0 Å². The molecule has 0 aromatic heterocycles. The lowest BCUT2D eigenvalue weighted by molar-refractivity contribution is -0.135. The zero-order valence-corrected chi connectivity index (χ0v) is 8.84. The minimum Gasteiger partial charge on any atom is -0.496 e. The van der Waals surface area contributed by atoms with Crippen LogP contribution in [-0.2, 0) is 4.79 Å². The summed E-state index contributed by atoms with van der Waals surface area (Å²) < 4.78 is 5.02. The van der Waals surface area contributed by atoms with Crippen LogP contribution in [0.3, 0.4) is 0 Å². The fourth-order valence-electron chi connectivity index (χ4n) is 1.22. The number of carbonyl (C=O) groups is 2. The lowest BCUT2D eigenvalue weighted by atomic mass is 10.1. The first-order valence-corrected chi connectivity index (χ1v) is 4.69. The molecule has 0 heterocycles. The summed E-state index contributed by atoms with van der Waals surface area (Å²) in [4.78, 5) is 20.9. The van der Waals surface area contributed by atoms with Crippen molar-refractivity contribution in [2.75, 3.05) is 7.11 Å². The first-order valence-electron chi connectivity index (χ1n) is 4.69. The molecule has 0 radical (unpaired) electrons. The van der Waals surface area contributed by atoms with Crippen molar-refractivity contribution in [3.8, 4) is 5.75 Å². The van der Waals surface area contributed by atoms with Gasteiger partial charge in [-0.15, -0.1) is 0 Å². The van der Waals surface area contributed by atoms with E-state index in [1.165, 1.54) is 13.2 Å². The summed E-state index contributed by atoms with van der Waals surface area (Å²) in [6.45, 7) is 0. The second-order valence-electron chi connectivity index (χ2n) is 3.12. The van der Waals surface area contributed by atoms with Gasteiger partial charge in [0.15, 0.2) is 6.29 Å². The molecular formula is C12H12O4. The molecule has 0 aliphatic heterocycles. The third-order valence-electron chi connectivity index (χ3n) is 1.99. The minimum absolute atomic E-state index is 0.0300. The topological polar surface area (TPSA) is 63.6 Å². The Hall–Kier alpha value is -2.10. The molecule has 0 aliphatic carbocycles. The van der Waals surface area contributed by atoms with Gasteiger partial charge >= 0.3 is 5.97 Å². The lowest BCUT2D eigenvalue weighted by Gasteiger charge is -2.03. The average molecular weight is 220 g/mol. The number of carboxylic acids is 1. The number of hydrogen-bond donors (Lipinski definition) is 1. The Bertz CT molecular complexity index is 421. The Kier molecular flexibility index (Phi) is 4.27. The maximum atomic E-state index is 10.6. The van der Waals surface area contributed by atoms with Gasteiger partial charge < -0.3 is 9.84 Å². The van der Waals surface area contributed by atoms with E-state index in [0.717, 1.165) is 5.56 Å². The van der Waals surface area contributed by atoms with Crippen molar-refractivity contribution in [3.63, 3.8) is 0 Å². The number of rotatable bonds is 5. The smallest absolute Gasteiger partial charge is 0.307 e.